The molecule has 122 valence electrons. The van der Waals surface area contributed by atoms with Gasteiger partial charge >= 0.3 is 0 Å². The topological polar surface area (TPSA) is 33.1 Å². The van der Waals surface area contributed by atoms with Gasteiger partial charge in [0, 0.05) is 24.8 Å². The molecule has 0 bridgehead atoms. The summed E-state index contributed by atoms with van der Waals surface area (Å²) in [7, 11) is 4.09. The minimum atomic E-state index is 0.250. The second-order valence-electron chi connectivity index (χ2n) is 5.89. The average molecular weight is 294 g/mol. The molecule has 0 aliphatic rings. The van der Waals surface area contributed by atoms with Crippen molar-refractivity contribution >= 4 is 0 Å². The molecule has 0 saturated carbocycles. The molecule has 1 rings (SSSR count). The average Bonchev–Trinajstić information content (AvgIpc) is 2.92. The van der Waals surface area contributed by atoms with E-state index in [9.17, 15) is 0 Å². The van der Waals surface area contributed by atoms with E-state index < -0.39 is 0 Å². The van der Waals surface area contributed by atoms with Gasteiger partial charge in [0.25, 0.3) is 0 Å². The Morgan fingerprint density at radius 3 is 2.24 bits per heavy atom. The molecule has 0 spiro atoms. The SMILES string of the molecule is CCN(CC)C(CC)(CC)C(CCc1cnn(C)c1)NC. The molecular formula is C17H34N4. The van der Waals surface area contributed by atoms with Gasteiger partial charge in [-0.2, -0.15) is 5.10 Å². The second kappa shape index (κ2) is 8.54. The Bertz CT molecular complexity index is 391. The number of likely N-dealkylation sites (N-methyl/N-ethyl adjacent to an activating group) is 2. The van der Waals surface area contributed by atoms with Gasteiger partial charge in [-0.3, -0.25) is 9.58 Å². The summed E-state index contributed by atoms with van der Waals surface area (Å²) < 4.78 is 1.89. The predicted octanol–water partition coefficient (Wildman–Crippen LogP) is 2.84. The summed E-state index contributed by atoms with van der Waals surface area (Å²) in [5.41, 5.74) is 1.58. The molecular weight excluding hydrogens is 260 g/mol. The van der Waals surface area contributed by atoms with Crippen LogP contribution in [0.3, 0.4) is 0 Å². The summed E-state index contributed by atoms with van der Waals surface area (Å²) in [4.78, 5) is 2.64. The molecule has 4 nitrogen and oxygen atoms in total. The highest BCUT2D eigenvalue weighted by Crippen LogP contribution is 2.30. The van der Waals surface area contributed by atoms with Crippen LogP contribution in [-0.4, -0.2) is 46.4 Å². The summed E-state index contributed by atoms with van der Waals surface area (Å²) in [6.45, 7) is 11.4. The molecule has 0 aliphatic heterocycles. The lowest BCUT2D eigenvalue weighted by Crippen LogP contribution is -2.60. The molecule has 1 N–H and O–H groups in total. The van der Waals surface area contributed by atoms with Crippen molar-refractivity contribution in [2.45, 2.75) is 65.0 Å². The normalized spacial score (nSPS) is 13.9. The Morgan fingerprint density at radius 2 is 1.86 bits per heavy atom. The lowest BCUT2D eigenvalue weighted by atomic mass is 9.80. The van der Waals surface area contributed by atoms with Crippen LogP contribution >= 0.6 is 0 Å². The maximum Gasteiger partial charge on any atom is 0.0521 e. The number of nitrogens with zero attached hydrogens (tertiary/aromatic N) is 3. The minimum Gasteiger partial charge on any atom is -0.315 e. The maximum absolute atomic E-state index is 4.28. The van der Waals surface area contributed by atoms with Crippen LogP contribution in [0.25, 0.3) is 0 Å². The van der Waals surface area contributed by atoms with E-state index in [0.29, 0.717) is 6.04 Å². The zero-order chi connectivity index (χ0) is 15.9. The van der Waals surface area contributed by atoms with Gasteiger partial charge in [-0.25, -0.2) is 0 Å². The fraction of sp³-hybridized carbons (Fsp3) is 0.824. The molecule has 0 fully saturated rings. The van der Waals surface area contributed by atoms with Gasteiger partial charge in [-0.05, 0) is 51.4 Å². The van der Waals surface area contributed by atoms with E-state index in [0.717, 1.165) is 25.9 Å². The number of nitrogens with one attached hydrogen (secondary N) is 1. The van der Waals surface area contributed by atoms with Gasteiger partial charge in [0.1, 0.15) is 0 Å². The van der Waals surface area contributed by atoms with Crippen molar-refractivity contribution in [3.05, 3.63) is 18.0 Å². The van der Waals surface area contributed by atoms with Crippen molar-refractivity contribution in [2.75, 3.05) is 20.1 Å². The van der Waals surface area contributed by atoms with E-state index in [1.54, 1.807) is 0 Å². The van der Waals surface area contributed by atoms with Crippen LogP contribution in [0.5, 0.6) is 0 Å². The number of aryl methyl sites for hydroxylation is 2. The van der Waals surface area contributed by atoms with E-state index in [2.05, 4.69) is 56.3 Å². The third kappa shape index (κ3) is 4.07. The van der Waals surface area contributed by atoms with Crippen molar-refractivity contribution in [3.63, 3.8) is 0 Å². The van der Waals surface area contributed by atoms with Crippen molar-refractivity contribution in [1.29, 1.82) is 0 Å². The van der Waals surface area contributed by atoms with Gasteiger partial charge in [0.15, 0.2) is 0 Å². The third-order valence-electron chi connectivity index (χ3n) is 5.09. The second-order valence-corrected chi connectivity index (χ2v) is 5.89. The summed E-state index contributed by atoms with van der Waals surface area (Å²) in [5.74, 6) is 0. The van der Waals surface area contributed by atoms with Crippen LogP contribution in [0.4, 0.5) is 0 Å². The predicted molar refractivity (Wildman–Crippen MR) is 90.6 cm³/mol. The molecule has 0 aliphatic carbocycles. The van der Waals surface area contributed by atoms with E-state index in [-0.39, 0.29) is 5.54 Å². The van der Waals surface area contributed by atoms with Crippen molar-refractivity contribution in [1.82, 2.24) is 20.0 Å². The molecule has 0 aromatic carbocycles. The standard InChI is InChI=1S/C17H34N4/c1-7-17(8-2,21(9-3)10-4)16(18-5)12-11-15-13-19-20(6)14-15/h13-14,16,18H,7-12H2,1-6H3. The lowest BCUT2D eigenvalue weighted by molar-refractivity contribution is 0.0489. The maximum atomic E-state index is 4.28. The third-order valence-corrected chi connectivity index (χ3v) is 5.09. The molecule has 0 amide bonds. The summed E-state index contributed by atoms with van der Waals surface area (Å²) in [6.07, 6.45) is 8.73. The van der Waals surface area contributed by atoms with Gasteiger partial charge in [-0.1, -0.05) is 27.7 Å². The van der Waals surface area contributed by atoms with Crippen LogP contribution < -0.4 is 5.32 Å². The Morgan fingerprint density at radius 1 is 1.24 bits per heavy atom. The van der Waals surface area contributed by atoms with Gasteiger partial charge in [-0.15, -0.1) is 0 Å². The largest absolute Gasteiger partial charge is 0.315 e. The molecule has 1 heterocycles. The zero-order valence-corrected chi connectivity index (χ0v) is 14.8. The van der Waals surface area contributed by atoms with Gasteiger partial charge < -0.3 is 5.32 Å². The number of rotatable bonds is 10. The monoisotopic (exact) mass is 294 g/mol. The molecule has 4 heteroatoms. The highest BCUT2D eigenvalue weighted by Gasteiger charge is 2.38. The van der Waals surface area contributed by atoms with E-state index in [1.807, 2.05) is 17.9 Å². The van der Waals surface area contributed by atoms with E-state index in [1.165, 1.54) is 18.4 Å². The van der Waals surface area contributed by atoms with Crippen LogP contribution in [0.1, 0.15) is 52.5 Å². The first-order valence-corrected chi connectivity index (χ1v) is 8.47. The van der Waals surface area contributed by atoms with Crippen LogP contribution in [-0.2, 0) is 13.5 Å². The van der Waals surface area contributed by atoms with Crippen LogP contribution in [0.2, 0.25) is 0 Å². The highest BCUT2D eigenvalue weighted by atomic mass is 15.2. The first kappa shape index (κ1) is 18.2. The molecule has 1 unspecified atom stereocenters. The molecule has 1 aromatic heterocycles. The Hall–Kier alpha value is -0.870. The molecule has 1 aromatic rings. The highest BCUT2D eigenvalue weighted by molar-refractivity contribution is 5.06. The van der Waals surface area contributed by atoms with E-state index in [4.69, 9.17) is 0 Å². The molecule has 1 atom stereocenters. The van der Waals surface area contributed by atoms with Crippen molar-refractivity contribution in [2.24, 2.45) is 7.05 Å². The smallest absolute Gasteiger partial charge is 0.0521 e. The Kier molecular flexibility index (Phi) is 7.40. The fourth-order valence-electron chi connectivity index (χ4n) is 3.86. The number of hydrogen-bond donors (Lipinski definition) is 1. The fourth-order valence-corrected chi connectivity index (χ4v) is 3.86. The number of hydrogen-bond acceptors (Lipinski definition) is 3. The number of aromatic nitrogens is 2. The Labute approximate surface area is 130 Å². The minimum absolute atomic E-state index is 0.250. The van der Waals surface area contributed by atoms with Crippen LogP contribution in [0, 0.1) is 0 Å². The molecule has 0 saturated heterocycles. The van der Waals surface area contributed by atoms with Gasteiger partial charge in [0.2, 0.25) is 0 Å². The van der Waals surface area contributed by atoms with Crippen molar-refractivity contribution in [3.8, 4) is 0 Å². The summed E-state index contributed by atoms with van der Waals surface area (Å²) in [6, 6.07) is 0.507. The quantitative estimate of drug-likeness (QED) is 0.720. The van der Waals surface area contributed by atoms with Gasteiger partial charge in [0.05, 0.1) is 6.20 Å². The first-order valence-electron chi connectivity index (χ1n) is 8.47. The molecule has 0 radical (unpaired) electrons. The summed E-state index contributed by atoms with van der Waals surface area (Å²) in [5, 5.41) is 7.88. The molecule has 21 heavy (non-hydrogen) atoms. The van der Waals surface area contributed by atoms with Crippen molar-refractivity contribution < 1.29 is 0 Å². The van der Waals surface area contributed by atoms with E-state index >= 15 is 0 Å². The van der Waals surface area contributed by atoms with Crippen LogP contribution in [0.15, 0.2) is 12.4 Å². The lowest BCUT2D eigenvalue weighted by Gasteiger charge is -2.48. The summed E-state index contributed by atoms with van der Waals surface area (Å²) >= 11 is 0. The Balaban J connectivity index is 2.86. The first-order chi connectivity index (χ1) is 10.1. The zero-order valence-electron chi connectivity index (χ0n) is 14.8.